The normalized spacial score (nSPS) is 12.2. The molecule has 1 amide bonds. The highest BCUT2D eigenvalue weighted by molar-refractivity contribution is 6.38. The highest BCUT2D eigenvalue weighted by Gasteiger charge is 2.19. The van der Waals surface area contributed by atoms with E-state index in [2.05, 4.69) is 35.8 Å². The minimum atomic E-state index is -0.731. The minimum Gasteiger partial charge on any atom is -0.348 e. The molecule has 0 fully saturated rings. The van der Waals surface area contributed by atoms with E-state index in [0.29, 0.717) is 28.0 Å². The molecule has 0 aliphatic rings. The van der Waals surface area contributed by atoms with Gasteiger partial charge < -0.3 is 9.97 Å². The van der Waals surface area contributed by atoms with E-state index >= 15 is 0 Å². The molecule has 1 atom stereocenters. The largest absolute Gasteiger partial charge is 0.348 e. The lowest BCUT2D eigenvalue weighted by Gasteiger charge is -2.13. The number of aromatic amines is 2. The maximum absolute atomic E-state index is 12.5. The first-order chi connectivity index (χ1) is 12.6. The van der Waals surface area contributed by atoms with Crippen molar-refractivity contribution in [1.29, 1.82) is 0 Å². The number of imidazole rings is 2. The van der Waals surface area contributed by atoms with Crippen LogP contribution in [-0.4, -0.2) is 38.1 Å². The summed E-state index contributed by atoms with van der Waals surface area (Å²) in [5, 5.41) is 0.909. The van der Waals surface area contributed by atoms with Gasteiger partial charge in [0.25, 0.3) is 5.91 Å². The van der Waals surface area contributed by atoms with Gasteiger partial charge >= 0.3 is 0 Å². The Morgan fingerprint density at radius 2 is 2.12 bits per heavy atom. The Bertz CT molecular complexity index is 858. The van der Waals surface area contributed by atoms with Gasteiger partial charge in [-0.1, -0.05) is 29.3 Å². The standard InChI is InChI=1S/C16H15Cl2N7O/c17-12-2-1-3-13(18)11(12)8-22-14(6-10-7-19-9-23-10)15(26)24-25-16-20-4-5-21-16/h1-5,7-9,14H,6H2,(H,19,23)(H,24,26)(H2,20,21,25). The molecule has 8 nitrogen and oxygen atoms in total. The molecule has 0 saturated carbocycles. The summed E-state index contributed by atoms with van der Waals surface area (Å²) in [7, 11) is 0. The number of amides is 1. The monoisotopic (exact) mass is 391 g/mol. The fraction of sp³-hybridized carbons (Fsp3) is 0.125. The molecule has 10 heteroatoms. The first-order valence-corrected chi connectivity index (χ1v) is 8.39. The van der Waals surface area contributed by atoms with Gasteiger partial charge in [0.1, 0.15) is 6.04 Å². The van der Waals surface area contributed by atoms with Gasteiger partial charge in [-0.25, -0.2) is 9.97 Å². The average Bonchev–Trinajstić information content (AvgIpc) is 3.32. The van der Waals surface area contributed by atoms with Crippen LogP contribution in [-0.2, 0) is 11.2 Å². The number of hydrazine groups is 1. The summed E-state index contributed by atoms with van der Waals surface area (Å²) in [5.41, 5.74) is 6.58. The van der Waals surface area contributed by atoms with E-state index < -0.39 is 6.04 Å². The van der Waals surface area contributed by atoms with Crippen LogP contribution in [0, 0.1) is 0 Å². The lowest BCUT2D eigenvalue weighted by Crippen LogP contribution is -2.39. The molecule has 2 aromatic heterocycles. The average molecular weight is 392 g/mol. The van der Waals surface area contributed by atoms with Crippen LogP contribution in [0.1, 0.15) is 11.3 Å². The molecule has 26 heavy (non-hydrogen) atoms. The van der Waals surface area contributed by atoms with Crippen molar-refractivity contribution >= 4 is 41.3 Å². The molecule has 134 valence electrons. The Hall–Kier alpha value is -2.84. The second-order valence-electron chi connectivity index (χ2n) is 5.26. The number of hydrogen-bond acceptors (Lipinski definition) is 5. The van der Waals surface area contributed by atoms with Gasteiger partial charge in [-0.05, 0) is 12.1 Å². The Morgan fingerprint density at radius 3 is 2.77 bits per heavy atom. The SMILES string of the molecule is O=C(NNc1ncc[nH]1)C(Cc1cnc[nH]1)N=Cc1c(Cl)cccc1Cl. The van der Waals surface area contributed by atoms with Crippen molar-refractivity contribution in [3.8, 4) is 0 Å². The van der Waals surface area contributed by atoms with Gasteiger partial charge in [0, 0.05) is 42.5 Å². The van der Waals surface area contributed by atoms with Crippen molar-refractivity contribution in [3.63, 3.8) is 0 Å². The first kappa shape index (κ1) is 18.0. The maximum Gasteiger partial charge on any atom is 0.263 e. The highest BCUT2D eigenvalue weighted by atomic mass is 35.5. The molecule has 3 rings (SSSR count). The number of aliphatic imine (C=N–C) groups is 1. The predicted molar refractivity (Wildman–Crippen MR) is 100 cm³/mol. The number of rotatable bonds is 7. The zero-order chi connectivity index (χ0) is 18.4. The van der Waals surface area contributed by atoms with E-state index in [1.807, 2.05) is 0 Å². The molecule has 0 aliphatic carbocycles. The maximum atomic E-state index is 12.5. The third-order valence-corrected chi connectivity index (χ3v) is 4.12. The van der Waals surface area contributed by atoms with Gasteiger partial charge in [-0.2, -0.15) is 0 Å². The lowest BCUT2D eigenvalue weighted by molar-refractivity contribution is -0.121. The minimum absolute atomic E-state index is 0.324. The highest BCUT2D eigenvalue weighted by Crippen LogP contribution is 2.22. The summed E-state index contributed by atoms with van der Waals surface area (Å²) < 4.78 is 0. The molecule has 1 aromatic carbocycles. The zero-order valence-electron chi connectivity index (χ0n) is 13.4. The van der Waals surface area contributed by atoms with Crippen LogP contribution in [0.4, 0.5) is 5.95 Å². The van der Waals surface area contributed by atoms with Crippen molar-refractivity contribution in [2.45, 2.75) is 12.5 Å². The topological polar surface area (TPSA) is 111 Å². The Labute approximate surface area is 159 Å². The predicted octanol–water partition coefficient (Wildman–Crippen LogP) is 2.61. The number of nitrogens with zero attached hydrogens (tertiary/aromatic N) is 3. The van der Waals surface area contributed by atoms with Crippen molar-refractivity contribution in [1.82, 2.24) is 25.4 Å². The molecule has 0 bridgehead atoms. The van der Waals surface area contributed by atoms with Gasteiger partial charge in [-0.15, -0.1) is 0 Å². The molecule has 3 aromatic rings. The van der Waals surface area contributed by atoms with Crippen LogP contribution in [0.2, 0.25) is 10.0 Å². The molecule has 0 radical (unpaired) electrons. The molecule has 1 unspecified atom stereocenters. The number of carbonyl (C=O) groups excluding carboxylic acids is 1. The number of carbonyl (C=O) groups is 1. The fourth-order valence-electron chi connectivity index (χ4n) is 2.15. The molecular weight excluding hydrogens is 377 g/mol. The summed E-state index contributed by atoms with van der Waals surface area (Å²) >= 11 is 12.3. The quantitative estimate of drug-likeness (QED) is 0.366. The van der Waals surface area contributed by atoms with Crippen molar-refractivity contribution < 1.29 is 4.79 Å². The van der Waals surface area contributed by atoms with Crippen molar-refractivity contribution in [2.24, 2.45) is 4.99 Å². The fourth-order valence-corrected chi connectivity index (χ4v) is 2.65. The van der Waals surface area contributed by atoms with Crippen LogP contribution >= 0.6 is 23.2 Å². The van der Waals surface area contributed by atoms with Gasteiger partial charge in [0.05, 0.1) is 16.4 Å². The summed E-state index contributed by atoms with van der Waals surface area (Å²) in [6, 6.07) is 4.42. The summed E-state index contributed by atoms with van der Waals surface area (Å²) in [5.74, 6) is 0.0622. The van der Waals surface area contributed by atoms with Crippen LogP contribution in [0.15, 0.2) is 48.1 Å². The molecule has 0 saturated heterocycles. The second-order valence-corrected chi connectivity index (χ2v) is 6.08. The summed E-state index contributed by atoms with van der Waals surface area (Å²) in [6.45, 7) is 0. The number of nitrogens with one attached hydrogen (secondary N) is 4. The van der Waals surface area contributed by atoms with E-state index in [4.69, 9.17) is 23.2 Å². The van der Waals surface area contributed by atoms with Crippen molar-refractivity contribution in [3.05, 3.63) is 64.4 Å². The van der Waals surface area contributed by atoms with E-state index in [0.717, 1.165) is 5.69 Å². The number of aromatic nitrogens is 4. The number of anilines is 1. The van der Waals surface area contributed by atoms with Gasteiger partial charge in [0.15, 0.2) is 0 Å². The summed E-state index contributed by atoms with van der Waals surface area (Å²) in [6.07, 6.45) is 8.20. The van der Waals surface area contributed by atoms with Gasteiger partial charge in [0.2, 0.25) is 5.95 Å². The molecular formula is C16H15Cl2N7O. The smallest absolute Gasteiger partial charge is 0.263 e. The number of halogens is 2. The van der Waals surface area contributed by atoms with Crippen molar-refractivity contribution in [2.75, 3.05) is 5.43 Å². The van der Waals surface area contributed by atoms with Crippen LogP contribution in [0.5, 0.6) is 0 Å². The van der Waals surface area contributed by atoms with E-state index in [9.17, 15) is 4.79 Å². The number of benzene rings is 1. The van der Waals surface area contributed by atoms with E-state index in [1.54, 1.807) is 43.1 Å². The number of hydrogen-bond donors (Lipinski definition) is 4. The first-order valence-electron chi connectivity index (χ1n) is 7.63. The van der Waals surface area contributed by atoms with E-state index in [1.165, 1.54) is 6.21 Å². The molecule has 0 spiro atoms. The lowest BCUT2D eigenvalue weighted by atomic mass is 10.1. The van der Waals surface area contributed by atoms with Crippen LogP contribution < -0.4 is 10.9 Å². The number of H-pyrrole nitrogens is 2. The molecule has 0 aliphatic heterocycles. The Kier molecular flexibility index (Phi) is 5.88. The molecule has 2 heterocycles. The Morgan fingerprint density at radius 1 is 1.31 bits per heavy atom. The third-order valence-electron chi connectivity index (χ3n) is 3.46. The Balaban J connectivity index is 1.76. The van der Waals surface area contributed by atoms with E-state index in [-0.39, 0.29) is 5.91 Å². The van der Waals surface area contributed by atoms with Crippen LogP contribution in [0.3, 0.4) is 0 Å². The zero-order valence-corrected chi connectivity index (χ0v) is 14.9. The second kappa shape index (κ2) is 8.50. The van der Waals surface area contributed by atoms with Gasteiger partial charge in [-0.3, -0.25) is 20.6 Å². The summed E-state index contributed by atoms with van der Waals surface area (Å²) in [4.78, 5) is 30.6. The third kappa shape index (κ3) is 4.62. The van der Waals surface area contributed by atoms with Crippen LogP contribution in [0.25, 0.3) is 0 Å². The molecule has 4 N–H and O–H groups in total.